The highest BCUT2D eigenvalue weighted by molar-refractivity contribution is 7.13. The summed E-state index contributed by atoms with van der Waals surface area (Å²) < 4.78 is 11.8. The highest BCUT2D eigenvalue weighted by Crippen LogP contribution is 2.27. The second-order valence-electron chi connectivity index (χ2n) is 5.60. The van der Waals surface area contributed by atoms with E-state index in [1.54, 1.807) is 18.0 Å². The van der Waals surface area contributed by atoms with E-state index in [1.807, 2.05) is 54.6 Å². The van der Waals surface area contributed by atoms with Crippen LogP contribution in [0.4, 0.5) is 0 Å². The third-order valence-corrected chi connectivity index (χ3v) is 4.83. The quantitative estimate of drug-likeness (QED) is 0.565. The van der Waals surface area contributed by atoms with Crippen LogP contribution in [-0.4, -0.2) is 21.0 Å². The van der Waals surface area contributed by atoms with Gasteiger partial charge in [0, 0.05) is 5.56 Å². The van der Waals surface area contributed by atoms with Crippen molar-refractivity contribution in [1.29, 1.82) is 0 Å². The molecule has 0 aliphatic heterocycles. The van der Waals surface area contributed by atoms with Crippen LogP contribution in [0.1, 0.15) is 5.56 Å². The third kappa shape index (κ3) is 2.92. The molecule has 0 saturated carbocycles. The van der Waals surface area contributed by atoms with Gasteiger partial charge >= 0.3 is 0 Å². The van der Waals surface area contributed by atoms with E-state index in [0.29, 0.717) is 16.8 Å². The molecule has 25 heavy (non-hydrogen) atoms. The first-order valence-corrected chi connectivity index (χ1v) is 8.57. The van der Waals surface area contributed by atoms with E-state index < -0.39 is 0 Å². The van der Waals surface area contributed by atoms with Crippen LogP contribution in [-0.2, 0) is 6.54 Å². The summed E-state index contributed by atoms with van der Waals surface area (Å²) in [6, 6.07) is 17.4. The lowest BCUT2D eigenvalue weighted by Gasteiger charge is -2.06. The lowest BCUT2D eigenvalue weighted by molar-refractivity contribution is 0.414. The van der Waals surface area contributed by atoms with Crippen molar-refractivity contribution in [2.45, 2.75) is 6.54 Å². The van der Waals surface area contributed by atoms with Crippen LogP contribution in [0.5, 0.6) is 5.75 Å². The van der Waals surface area contributed by atoms with Crippen LogP contribution in [0.15, 0.2) is 65.7 Å². The molecule has 0 fully saturated rings. The number of fused-ring (bicyclic) bond motifs is 1. The number of hydrogen-bond acceptors (Lipinski definition) is 5. The molecule has 0 amide bonds. The summed E-state index contributed by atoms with van der Waals surface area (Å²) in [4.78, 5) is 17.3. The Bertz CT molecular complexity index is 1070. The van der Waals surface area contributed by atoms with E-state index in [-0.39, 0.29) is 5.56 Å². The van der Waals surface area contributed by atoms with Gasteiger partial charge in [0.15, 0.2) is 0 Å². The fourth-order valence-electron chi connectivity index (χ4n) is 2.68. The maximum atomic E-state index is 12.8. The van der Waals surface area contributed by atoms with Gasteiger partial charge in [-0.2, -0.15) is 4.37 Å². The van der Waals surface area contributed by atoms with Gasteiger partial charge in [0.05, 0.1) is 20.0 Å². The predicted molar refractivity (Wildman–Crippen MR) is 99.2 cm³/mol. The predicted octanol–water partition coefficient (Wildman–Crippen LogP) is 3.58. The van der Waals surface area contributed by atoms with Crippen molar-refractivity contribution in [1.82, 2.24) is 13.9 Å². The Hall–Kier alpha value is -2.99. The van der Waals surface area contributed by atoms with Crippen LogP contribution in [0.2, 0.25) is 0 Å². The molecular formula is C19H15N3O2S. The van der Waals surface area contributed by atoms with E-state index in [0.717, 1.165) is 22.6 Å². The topological polar surface area (TPSA) is 57.0 Å². The summed E-state index contributed by atoms with van der Waals surface area (Å²) in [5, 5.41) is 0. The molecule has 0 spiro atoms. The molecule has 0 unspecified atom stereocenters. The normalized spacial score (nSPS) is 10.9. The number of benzene rings is 2. The van der Waals surface area contributed by atoms with Crippen molar-refractivity contribution in [2.24, 2.45) is 0 Å². The first-order chi connectivity index (χ1) is 12.3. The Balaban J connectivity index is 1.72. The first-order valence-electron chi connectivity index (χ1n) is 7.79. The Morgan fingerprint density at radius 3 is 2.56 bits per heavy atom. The zero-order chi connectivity index (χ0) is 17.2. The number of nitrogens with zero attached hydrogens (tertiary/aromatic N) is 3. The average molecular weight is 349 g/mol. The molecule has 2 aromatic heterocycles. The summed E-state index contributed by atoms with van der Waals surface area (Å²) in [5.41, 5.74) is 3.33. The van der Waals surface area contributed by atoms with Crippen molar-refractivity contribution in [3.8, 4) is 17.0 Å². The number of ether oxygens (including phenoxy) is 1. The van der Waals surface area contributed by atoms with Gasteiger partial charge in [-0.25, -0.2) is 4.98 Å². The van der Waals surface area contributed by atoms with Crippen LogP contribution >= 0.6 is 11.5 Å². The van der Waals surface area contributed by atoms with Gasteiger partial charge in [0.1, 0.15) is 21.7 Å². The summed E-state index contributed by atoms with van der Waals surface area (Å²) >= 11 is 1.20. The molecule has 0 radical (unpaired) electrons. The van der Waals surface area contributed by atoms with Crippen LogP contribution in [0.25, 0.3) is 21.5 Å². The highest BCUT2D eigenvalue weighted by atomic mass is 32.1. The lowest BCUT2D eigenvalue weighted by atomic mass is 10.1. The van der Waals surface area contributed by atoms with Gasteiger partial charge in [0.2, 0.25) is 0 Å². The first kappa shape index (κ1) is 15.5. The third-order valence-electron chi connectivity index (χ3n) is 4.01. The van der Waals surface area contributed by atoms with Crippen molar-refractivity contribution < 1.29 is 4.74 Å². The zero-order valence-corrected chi connectivity index (χ0v) is 14.4. The molecule has 0 aliphatic carbocycles. The molecule has 2 heterocycles. The molecule has 4 rings (SSSR count). The second-order valence-corrected chi connectivity index (χ2v) is 6.37. The molecule has 124 valence electrons. The number of methoxy groups -OCH3 is 1. The van der Waals surface area contributed by atoms with Crippen LogP contribution in [0, 0.1) is 0 Å². The van der Waals surface area contributed by atoms with Gasteiger partial charge in [-0.1, -0.05) is 42.5 Å². The van der Waals surface area contributed by atoms with E-state index >= 15 is 0 Å². The Morgan fingerprint density at radius 1 is 1.08 bits per heavy atom. The fraction of sp³-hybridized carbons (Fsp3) is 0.105. The minimum Gasteiger partial charge on any atom is -0.497 e. The van der Waals surface area contributed by atoms with Crippen molar-refractivity contribution in [2.75, 3.05) is 7.11 Å². The molecule has 0 bridgehead atoms. The molecule has 0 N–H and O–H groups in total. The fourth-order valence-corrected chi connectivity index (χ4v) is 3.49. The smallest absolute Gasteiger partial charge is 0.273 e. The maximum Gasteiger partial charge on any atom is 0.273 e. The van der Waals surface area contributed by atoms with Crippen molar-refractivity contribution in [3.63, 3.8) is 0 Å². The molecule has 0 atom stereocenters. The minimum absolute atomic E-state index is 0.0690. The standard InChI is InChI=1S/C19H15N3O2S/c1-24-15-9-7-13(8-10-15)11-22-12-20-17-16(14-5-3-2-4-6-14)21-25-18(17)19(22)23/h2-10,12H,11H2,1H3. The molecule has 5 nitrogen and oxygen atoms in total. The van der Waals surface area contributed by atoms with E-state index in [1.165, 1.54) is 11.5 Å². The van der Waals surface area contributed by atoms with Crippen molar-refractivity contribution >= 4 is 21.7 Å². The van der Waals surface area contributed by atoms with Gasteiger partial charge in [-0.05, 0) is 29.2 Å². The summed E-state index contributed by atoms with van der Waals surface area (Å²) in [7, 11) is 1.63. The summed E-state index contributed by atoms with van der Waals surface area (Å²) in [5.74, 6) is 0.791. The largest absolute Gasteiger partial charge is 0.497 e. The monoisotopic (exact) mass is 349 g/mol. The molecular weight excluding hydrogens is 334 g/mol. The number of aromatic nitrogens is 3. The van der Waals surface area contributed by atoms with Crippen LogP contribution < -0.4 is 10.3 Å². The highest BCUT2D eigenvalue weighted by Gasteiger charge is 2.14. The van der Waals surface area contributed by atoms with Gasteiger partial charge in [-0.3, -0.25) is 9.36 Å². The van der Waals surface area contributed by atoms with Crippen molar-refractivity contribution in [3.05, 3.63) is 76.8 Å². The maximum absolute atomic E-state index is 12.8. The molecule has 2 aromatic carbocycles. The summed E-state index contributed by atoms with van der Waals surface area (Å²) in [6.07, 6.45) is 1.59. The molecule has 4 aromatic rings. The van der Waals surface area contributed by atoms with Gasteiger partial charge < -0.3 is 4.74 Å². The number of hydrogen-bond donors (Lipinski definition) is 0. The number of rotatable bonds is 4. The Morgan fingerprint density at radius 2 is 1.84 bits per heavy atom. The SMILES string of the molecule is COc1ccc(Cn2cnc3c(-c4ccccc4)nsc3c2=O)cc1. The van der Waals surface area contributed by atoms with Gasteiger partial charge in [0.25, 0.3) is 5.56 Å². The Labute approximate surface area is 148 Å². The summed E-state index contributed by atoms with van der Waals surface area (Å²) in [6.45, 7) is 0.463. The van der Waals surface area contributed by atoms with Gasteiger partial charge in [-0.15, -0.1) is 0 Å². The molecule has 0 aliphatic rings. The molecule has 6 heteroatoms. The van der Waals surface area contributed by atoms with Crippen LogP contribution in [0.3, 0.4) is 0 Å². The van der Waals surface area contributed by atoms with E-state index in [9.17, 15) is 4.79 Å². The Kier molecular flexibility index (Phi) is 4.03. The average Bonchev–Trinajstić information content (AvgIpc) is 3.10. The van der Waals surface area contributed by atoms with E-state index in [2.05, 4.69) is 9.36 Å². The zero-order valence-electron chi connectivity index (χ0n) is 13.5. The lowest BCUT2D eigenvalue weighted by Crippen LogP contribution is -2.20. The molecule has 0 saturated heterocycles. The van der Waals surface area contributed by atoms with E-state index in [4.69, 9.17) is 4.74 Å². The second kappa shape index (κ2) is 6.49. The minimum atomic E-state index is -0.0690.